The highest BCUT2D eigenvalue weighted by molar-refractivity contribution is 6.10. The summed E-state index contributed by atoms with van der Waals surface area (Å²) in [6.45, 7) is 0. The summed E-state index contributed by atoms with van der Waals surface area (Å²) in [6.07, 6.45) is 1.90. The highest BCUT2D eigenvalue weighted by Crippen LogP contribution is 2.35. The van der Waals surface area contributed by atoms with E-state index in [4.69, 9.17) is 0 Å². The van der Waals surface area contributed by atoms with Gasteiger partial charge in [-0.1, -0.05) is 72.8 Å². The van der Waals surface area contributed by atoms with Gasteiger partial charge in [-0.2, -0.15) is 0 Å². The molecule has 0 spiro atoms. The molecule has 0 bridgehead atoms. The maximum Gasteiger partial charge on any atom is 0.0708 e. The van der Waals surface area contributed by atoms with Crippen molar-refractivity contribution in [3.63, 3.8) is 0 Å². The molecule has 2 nitrogen and oxygen atoms in total. The van der Waals surface area contributed by atoms with E-state index in [2.05, 4.69) is 119 Å². The summed E-state index contributed by atoms with van der Waals surface area (Å²) in [6, 6.07) is 40.5. The third-order valence-electron chi connectivity index (χ3n) is 5.85. The van der Waals surface area contributed by atoms with Gasteiger partial charge >= 0.3 is 0 Å². The van der Waals surface area contributed by atoms with Gasteiger partial charge in [0.1, 0.15) is 0 Å². The highest BCUT2D eigenvalue weighted by atomic mass is 15.0. The van der Waals surface area contributed by atoms with Crippen LogP contribution in [0.2, 0.25) is 0 Å². The molecule has 0 saturated carbocycles. The second-order valence-corrected chi connectivity index (χ2v) is 7.72. The largest absolute Gasteiger partial charge is 0.309 e. The molecule has 146 valence electrons. The van der Waals surface area contributed by atoms with Crippen LogP contribution < -0.4 is 0 Å². The number of para-hydroxylation sites is 2. The van der Waals surface area contributed by atoms with Crippen LogP contribution in [0.3, 0.4) is 0 Å². The standard InChI is InChI=1S/C29H20N2/c1-3-9-21(10-4-1)22-17-18-30-27(20-22)23-15-16-29-26(19-23)25-13-7-8-14-28(25)31(29)24-11-5-2-6-12-24/h1-20H. The van der Waals surface area contributed by atoms with Crippen molar-refractivity contribution in [2.24, 2.45) is 0 Å². The van der Waals surface area contributed by atoms with Gasteiger partial charge in [-0.3, -0.25) is 4.98 Å². The minimum Gasteiger partial charge on any atom is -0.309 e. The molecule has 0 aliphatic heterocycles. The summed E-state index contributed by atoms with van der Waals surface area (Å²) in [5.41, 5.74) is 8.08. The SMILES string of the molecule is c1ccc(-c2ccnc(-c3ccc4c(c3)c3ccccc3n4-c3ccccc3)c2)cc1. The Kier molecular flexibility index (Phi) is 4.14. The maximum absolute atomic E-state index is 4.68. The van der Waals surface area contributed by atoms with E-state index < -0.39 is 0 Å². The van der Waals surface area contributed by atoms with Crippen LogP contribution >= 0.6 is 0 Å². The smallest absolute Gasteiger partial charge is 0.0708 e. The van der Waals surface area contributed by atoms with Gasteiger partial charge in [0.15, 0.2) is 0 Å². The fourth-order valence-electron chi connectivity index (χ4n) is 4.39. The van der Waals surface area contributed by atoms with E-state index in [0.717, 1.165) is 11.3 Å². The molecule has 2 heterocycles. The molecule has 0 aliphatic rings. The first kappa shape index (κ1) is 17.7. The van der Waals surface area contributed by atoms with E-state index in [1.165, 1.54) is 38.6 Å². The van der Waals surface area contributed by atoms with E-state index in [0.29, 0.717) is 0 Å². The molecule has 4 aromatic carbocycles. The molecule has 6 rings (SSSR count). The first-order valence-electron chi connectivity index (χ1n) is 10.5. The van der Waals surface area contributed by atoms with Crippen molar-refractivity contribution in [3.05, 3.63) is 121 Å². The first-order chi connectivity index (χ1) is 15.4. The molecule has 31 heavy (non-hydrogen) atoms. The fraction of sp³-hybridized carbons (Fsp3) is 0. The van der Waals surface area contributed by atoms with E-state index in [1.54, 1.807) is 0 Å². The van der Waals surface area contributed by atoms with E-state index >= 15 is 0 Å². The van der Waals surface area contributed by atoms with Crippen molar-refractivity contribution >= 4 is 21.8 Å². The van der Waals surface area contributed by atoms with Crippen molar-refractivity contribution in [2.45, 2.75) is 0 Å². The quantitative estimate of drug-likeness (QED) is 0.303. The molecular weight excluding hydrogens is 376 g/mol. The lowest BCUT2D eigenvalue weighted by atomic mass is 10.0. The third kappa shape index (κ3) is 3.01. The molecule has 6 aromatic rings. The van der Waals surface area contributed by atoms with E-state index in [-0.39, 0.29) is 0 Å². The Morgan fingerprint density at radius 2 is 1.19 bits per heavy atom. The number of benzene rings is 4. The van der Waals surface area contributed by atoms with Crippen LogP contribution in [0, 0.1) is 0 Å². The van der Waals surface area contributed by atoms with Crippen LogP contribution in [-0.2, 0) is 0 Å². The van der Waals surface area contributed by atoms with Crippen LogP contribution in [0.25, 0.3) is 49.9 Å². The fourth-order valence-corrected chi connectivity index (χ4v) is 4.39. The Bertz CT molecular complexity index is 1510. The summed E-state index contributed by atoms with van der Waals surface area (Å²) in [5, 5.41) is 2.49. The predicted octanol–water partition coefficient (Wildman–Crippen LogP) is 7.51. The van der Waals surface area contributed by atoms with Gasteiger partial charge in [0.2, 0.25) is 0 Å². The van der Waals surface area contributed by atoms with Gasteiger partial charge in [0.05, 0.1) is 16.7 Å². The Balaban J connectivity index is 1.56. The zero-order chi connectivity index (χ0) is 20.6. The summed E-state index contributed by atoms with van der Waals surface area (Å²) < 4.78 is 2.34. The van der Waals surface area contributed by atoms with E-state index in [9.17, 15) is 0 Å². The molecule has 0 unspecified atom stereocenters. The summed E-state index contributed by atoms with van der Waals surface area (Å²) in [4.78, 5) is 4.68. The number of fused-ring (bicyclic) bond motifs is 3. The van der Waals surface area contributed by atoms with Crippen molar-refractivity contribution in [2.75, 3.05) is 0 Å². The minimum atomic E-state index is 0.986. The third-order valence-corrected chi connectivity index (χ3v) is 5.85. The molecule has 0 radical (unpaired) electrons. The summed E-state index contributed by atoms with van der Waals surface area (Å²) in [7, 11) is 0. The van der Waals surface area contributed by atoms with Gasteiger partial charge in [-0.05, 0) is 53.6 Å². The number of hydrogen-bond donors (Lipinski definition) is 0. The topological polar surface area (TPSA) is 17.8 Å². The normalized spacial score (nSPS) is 11.2. The zero-order valence-electron chi connectivity index (χ0n) is 16.9. The van der Waals surface area contributed by atoms with Gasteiger partial charge in [-0.25, -0.2) is 0 Å². The number of nitrogens with zero attached hydrogens (tertiary/aromatic N) is 2. The lowest BCUT2D eigenvalue weighted by molar-refractivity contribution is 1.18. The molecule has 0 aliphatic carbocycles. The van der Waals surface area contributed by atoms with Gasteiger partial charge in [0.25, 0.3) is 0 Å². The monoisotopic (exact) mass is 396 g/mol. The van der Waals surface area contributed by atoms with Gasteiger partial charge < -0.3 is 4.57 Å². The Morgan fingerprint density at radius 1 is 0.484 bits per heavy atom. The summed E-state index contributed by atoms with van der Waals surface area (Å²) in [5.74, 6) is 0. The molecular formula is C29H20N2. The number of pyridine rings is 1. The molecule has 0 N–H and O–H groups in total. The minimum absolute atomic E-state index is 0.986. The van der Waals surface area contributed by atoms with Crippen molar-refractivity contribution in [1.82, 2.24) is 9.55 Å². The van der Waals surface area contributed by atoms with Crippen molar-refractivity contribution in [1.29, 1.82) is 0 Å². The molecule has 0 fully saturated rings. The van der Waals surface area contributed by atoms with Crippen LogP contribution in [-0.4, -0.2) is 9.55 Å². The van der Waals surface area contributed by atoms with Crippen molar-refractivity contribution in [3.8, 4) is 28.1 Å². The Labute approximate surface area is 181 Å². The lowest BCUT2D eigenvalue weighted by Gasteiger charge is -2.08. The number of hydrogen-bond acceptors (Lipinski definition) is 1. The second kappa shape index (κ2) is 7.26. The van der Waals surface area contributed by atoms with Gasteiger partial charge in [0, 0.05) is 28.2 Å². The van der Waals surface area contributed by atoms with Crippen LogP contribution in [0.1, 0.15) is 0 Å². The number of rotatable bonds is 3. The Morgan fingerprint density at radius 3 is 2.03 bits per heavy atom. The second-order valence-electron chi connectivity index (χ2n) is 7.72. The number of aromatic nitrogens is 2. The lowest BCUT2D eigenvalue weighted by Crippen LogP contribution is -1.93. The summed E-state index contributed by atoms with van der Waals surface area (Å²) >= 11 is 0. The van der Waals surface area contributed by atoms with Crippen LogP contribution in [0.4, 0.5) is 0 Å². The zero-order valence-corrected chi connectivity index (χ0v) is 16.9. The first-order valence-corrected chi connectivity index (χ1v) is 10.5. The van der Waals surface area contributed by atoms with Crippen molar-refractivity contribution < 1.29 is 0 Å². The average molecular weight is 396 g/mol. The average Bonchev–Trinajstić information content (AvgIpc) is 3.19. The van der Waals surface area contributed by atoms with Crippen LogP contribution in [0.5, 0.6) is 0 Å². The molecule has 2 heteroatoms. The molecule has 0 atom stereocenters. The van der Waals surface area contributed by atoms with Gasteiger partial charge in [-0.15, -0.1) is 0 Å². The Hall–Kier alpha value is -4.17. The molecule has 2 aromatic heterocycles. The molecule has 0 amide bonds. The molecule has 0 saturated heterocycles. The highest BCUT2D eigenvalue weighted by Gasteiger charge is 2.13. The van der Waals surface area contributed by atoms with Crippen LogP contribution in [0.15, 0.2) is 121 Å². The maximum atomic E-state index is 4.68. The predicted molar refractivity (Wildman–Crippen MR) is 129 cm³/mol. The van der Waals surface area contributed by atoms with E-state index in [1.807, 2.05) is 12.3 Å².